The molecule has 0 aliphatic carbocycles. The van der Waals surface area contributed by atoms with Crippen LogP contribution in [0.2, 0.25) is 0 Å². The fourth-order valence-corrected chi connectivity index (χ4v) is 1.03. The Labute approximate surface area is 88.9 Å². The van der Waals surface area contributed by atoms with Gasteiger partial charge in [0.2, 0.25) is 0 Å². The van der Waals surface area contributed by atoms with Crippen molar-refractivity contribution in [2.45, 2.75) is 65.9 Å². The normalized spacial score (nSPS) is 13.2. The second-order valence-electron chi connectivity index (χ2n) is 4.90. The van der Waals surface area contributed by atoms with Crippen LogP contribution in [0.5, 0.6) is 0 Å². The molecule has 1 nitrogen and oxygen atoms in total. The van der Waals surface area contributed by atoms with Crippen LogP contribution in [-0.4, -0.2) is 11.2 Å². The maximum absolute atomic E-state index is 9.61. The first-order chi connectivity index (χ1) is 6.48. The summed E-state index contributed by atoms with van der Waals surface area (Å²) in [4.78, 5) is 0. The summed E-state index contributed by atoms with van der Waals surface area (Å²) in [5, 5.41) is 9.61. The van der Waals surface area contributed by atoms with Crippen LogP contribution < -0.4 is 0 Å². The van der Waals surface area contributed by atoms with E-state index in [-0.39, 0.29) is 5.41 Å². The summed E-state index contributed by atoms with van der Waals surface area (Å²) in [6.45, 7) is 8.21. The third kappa shape index (κ3) is 6.97. The van der Waals surface area contributed by atoms with Gasteiger partial charge in [-0.05, 0) is 11.8 Å². The first-order valence-corrected chi connectivity index (χ1v) is 5.65. The minimum atomic E-state index is -0.492. The van der Waals surface area contributed by atoms with Crippen molar-refractivity contribution in [3.05, 3.63) is 0 Å². The molecule has 14 heavy (non-hydrogen) atoms. The Hall–Kier alpha value is -0.480. The maximum atomic E-state index is 9.61. The molecule has 0 bridgehead atoms. The van der Waals surface area contributed by atoms with Crippen LogP contribution in [0.3, 0.4) is 0 Å². The molecule has 1 heteroatoms. The van der Waals surface area contributed by atoms with Crippen LogP contribution in [0, 0.1) is 17.3 Å². The van der Waals surface area contributed by atoms with E-state index < -0.39 is 6.10 Å². The molecule has 0 aliphatic heterocycles. The van der Waals surface area contributed by atoms with Gasteiger partial charge in [-0.15, -0.1) is 5.92 Å². The summed E-state index contributed by atoms with van der Waals surface area (Å²) < 4.78 is 0. The molecule has 0 aromatic rings. The lowest BCUT2D eigenvalue weighted by molar-refractivity contribution is 0.114. The van der Waals surface area contributed by atoms with Gasteiger partial charge in [0.25, 0.3) is 0 Å². The van der Waals surface area contributed by atoms with Crippen molar-refractivity contribution in [1.82, 2.24) is 0 Å². The highest BCUT2D eigenvalue weighted by molar-refractivity contribution is 5.07. The summed E-state index contributed by atoms with van der Waals surface area (Å²) in [6.07, 6.45) is 5.41. The molecule has 0 aliphatic rings. The van der Waals surface area contributed by atoms with Gasteiger partial charge in [-0.3, -0.25) is 0 Å². The van der Waals surface area contributed by atoms with E-state index in [1.165, 1.54) is 19.3 Å². The highest BCUT2D eigenvalue weighted by atomic mass is 16.3. The molecule has 0 fully saturated rings. The quantitative estimate of drug-likeness (QED) is 0.540. The molecule has 82 valence electrons. The first-order valence-electron chi connectivity index (χ1n) is 5.65. The van der Waals surface area contributed by atoms with Crippen LogP contribution in [0.1, 0.15) is 59.8 Å². The van der Waals surface area contributed by atoms with E-state index in [0.29, 0.717) is 0 Å². The molecule has 0 spiro atoms. The maximum Gasteiger partial charge on any atom is 0.119 e. The average molecular weight is 196 g/mol. The van der Waals surface area contributed by atoms with Gasteiger partial charge in [0.15, 0.2) is 0 Å². The van der Waals surface area contributed by atoms with Gasteiger partial charge in [-0.1, -0.05) is 52.9 Å². The Bertz CT molecular complexity index is 190. The van der Waals surface area contributed by atoms with Crippen molar-refractivity contribution >= 4 is 0 Å². The van der Waals surface area contributed by atoms with Gasteiger partial charge in [-0.2, -0.15) is 0 Å². The van der Waals surface area contributed by atoms with Crippen molar-refractivity contribution in [3.63, 3.8) is 0 Å². The minimum Gasteiger partial charge on any atom is -0.380 e. The predicted molar refractivity (Wildman–Crippen MR) is 62.0 cm³/mol. The number of hydrogen-bond donors (Lipinski definition) is 1. The molecule has 0 rings (SSSR count). The molecular weight excluding hydrogens is 172 g/mol. The highest BCUT2D eigenvalue weighted by Crippen LogP contribution is 2.18. The van der Waals surface area contributed by atoms with E-state index in [9.17, 15) is 5.11 Å². The number of unbranched alkanes of at least 4 members (excludes halogenated alkanes) is 4. The van der Waals surface area contributed by atoms with Gasteiger partial charge < -0.3 is 5.11 Å². The van der Waals surface area contributed by atoms with E-state index in [1.54, 1.807) is 0 Å². The van der Waals surface area contributed by atoms with Crippen LogP contribution in [0.15, 0.2) is 0 Å². The Morgan fingerprint density at radius 1 is 1.14 bits per heavy atom. The van der Waals surface area contributed by atoms with Gasteiger partial charge in [0, 0.05) is 6.42 Å². The summed E-state index contributed by atoms with van der Waals surface area (Å²) in [5.41, 5.74) is -0.115. The zero-order chi connectivity index (χ0) is 11.0. The molecular formula is C13H24O. The van der Waals surface area contributed by atoms with Crippen LogP contribution in [0.4, 0.5) is 0 Å². The molecule has 1 atom stereocenters. The topological polar surface area (TPSA) is 20.2 Å². The smallest absolute Gasteiger partial charge is 0.119 e. The number of aliphatic hydroxyl groups is 1. The Morgan fingerprint density at radius 2 is 1.79 bits per heavy atom. The predicted octanol–water partition coefficient (Wildman–Crippen LogP) is 3.37. The lowest BCUT2D eigenvalue weighted by Crippen LogP contribution is -2.23. The van der Waals surface area contributed by atoms with E-state index in [2.05, 4.69) is 18.8 Å². The van der Waals surface area contributed by atoms with E-state index >= 15 is 0 Å². The molecule has 1 unspecified atom stereocenters. The molecule has 0 radical (unpaired) electrons. The molecule has 0 saturated heterocycles. The summed E-state index contributed by atoms with van der Waals surface area (Å²) >= 11 is 0. The largest absolute Gasteiger partial charge is 0.380 e. The van der Waals surface area contributed by atoms with E-state index in [0.717, 1.165) is 12.8 Å². The summed E-state index contributed by atoms with van der Waals surface area (Å²) in [5.74, 6) is 5.96. The Kier molecular flexibility index (Phi) is 6.66. The third-order valence-corrected chi connectivity index (χ3v) is 2.21. The van der Waals surface area contributed by atoms with Gasteiger partial charge in [0.05, 0.1) is 0 Å². The van der Waals surface area contributed by atoms with Crippen molar-refractivity contribution < 1.29 is 5.11 Å². The van der Waals surface area contributed by atoms with Crippen molar-refractivity contribution in [2.75, 3.05) is 0 Å². The van der Waals surface area contributed by atoms with Gasteiger partial charge in [-0.25, -0.2) is 0 Å². The minimum absolute atomic E-state index is 0.115. The Morgan fingerprint density at radius 3 is 2.29 bits per heavy atom. The van der Waals surface area contributed by atoms with Gasteiger partial charge >= 0.3 is 0 Å². The van der Waals surface area contributed by atoms with E-state index in [1.807, 2.05) is 20.8 Å². The van der Waals surface area contributed by atoms with E-state index in [4.69, 9.17) is 0 Å². The fourth-order valence-electron chi connectivity index (χ4n) is 1.03. The molecule has 1 N–H and O–H groups in total. The van der Waals surface area contributed by atoms with Crippen molar-refractivity contribution in [1.29, 1.82) is 0 Å². The summed E-state index contributed by atoms with van der Waals surface area (Å²) in [6, 6.07) is 0. The molecule has 0 aromatic heterocycles. The fraction of sp³-hybridized carbons (Fsp3) is 0.846. The molecule has 0 aromatic carbocycles. The monoisotopic (exact) mass is 196 g/mol. The Balaban J connectivity index is 3.62. The van der Waals surface area contributed by atoms with Crippen molar-refractivity contribution in [2.24, 2.45) is 5.41 Å². The second-order valence-corrected chi connectivity index (χ2v) is 4.90. The SMILES string of the molecule is CCCCCCC#CC(O)C(C)(C)C. The molecule has 0 amide bonds. The van der Waals surface area contributed by atoms with Crippen LogP contribution in [0.25, 0.3) is 0 Å². The van der Waals surface area contributed by atoms with Crippen LogP contribution >= 0.6 is 0 Å². The van der Waals surface area contributed by atoms with Gasteiger partial charge in [0.1, 0.15) is 6.10 Å². The lowest BCUT2D eigenvalue weighted by atomic mass is 9.89. The summed E-state index contributed by atoms with van der Waals surface area (Å²) in [7, 11) is 0. The number of aliphatic hydroxyl groups excluding tert-OH is 1. The molecule has 0 heterocycles. The average Bonchev–Trinajstić information content (AvgIpc) is 2.09. The molecule has 0 saturated carbocycles. The zero-order valence-corrected chi connectivity index (χ0v) is 10.1. The second kappa shape index (κ2) is 6.90. The highest BCUT2D eigenvalue weighted by Gasteiger charge is 2.19. The first kappa shape index (κ1) is 13.5. The van der Waals surface area contributed by atoms with Crippen molar-refractivity contribution in [3.8, 4) is 11.8 Å². The lowest BCUT2D eigenvalue weighted by Gasteiger charge is -2.20. The zero-order valence-electron chi connectivity index (χ0n) is 10.1. The number of hydrogen-bond acceptors (Lipinski definition) is 1. The van der Waals surface area contributed by atoms with Crippen LogP contribution in [-0.2, 0) is 0 Å². The number of rotatable bonds is 4. The third-order valence-electron chi connectivity index (χ3n) is 2.21. The standard InChI is InChI=1S/C13H24O/c1-5-6-7-8-9-10-11-12(14)13(2,3)4/h12,14H,5-9H2,1-4H3.